The average molecular weight is 294 g/mol. The van der Waals surface area contributed by atoms with Gasteiger partial charge in [-0.1, -0.05) is 30.3 Å². The first kappa shape index (κ1) is 13.5. The van der Waals surface area contributed by atoms with E-state index in [1.165, 1.54) is 10.4 Å². The van der Waals surface area contributed by atoms with E-state index in [1.54, 1.807) is 17.7 Å². The smallest absolute Gasteiger partial charge is 0.140 e. The lowest BCUT2D eigenvalue weighted by Gasteiger charge is -2.16. The topological polar surface area (TPSA) is 52.8 Å². The highest BCUT2D eigenvalue weighted by molar-refractivity contribution is 7.21. The Morgan fingerprint density at radius 3 is 2.81 bits per heavy atom. The SMILES string of the molecule is CN(CCC#N)c1ncnc2sc(-c3ccccc3)cc12. The first-order chi connectivity index (χ1) is 10.3. The lowest BCUT2D eigenvalue weighted by atomic mass is 10.2. The van der Waals surface area contributed by atoms with Gasteiger partial charge >= 0.3 is 0 Å². The average Bonchev–Trinajstić information content (AvgIpc) is 2.97. The predicted molar refractivity (Wildman–Crippen MR) is 86.4 cm³/mol. The van der Waals surface area contributed by atoms with Crippen LogP contribution in [0.15, 0.2) is 42.7 Å². The summed E-state index contributed by atoms with van der Waals surface area (Å²) in [5.74, 6) is 0.883. The minimum absolute atomic E-state index is 0.484. The number of nitrogens with zero attached hydrogens (tertiary/aromatic N) is 4. The number of fused-ring (bicyclic) bond motifs is 1. The van der Waals surface area contributed by atoms with Gasteiger partial charge in [-0.25, -0.2) is 9.97 Å². The third-order valence-electron chi connectivity index (χ3n) is 3.29. The fraction of sp³-hybridized carbons (Fsp3) is 0.188. The van der Waals surface area contributed by atoms with Crippen molar-refractivity contribution in [3.63, 3.8) is 0 Å². The Hall–Kier alpha value is -2.45. The maximum atomic E-state index is 8.72. The van der Waals surface area contributed by atoms with Gasteiger partial charge in [-0.15, -0.1) is 11.3 Å². The molecule has 0 aliphatic carbocycles. The second-order valence-corrected chi connectivity index (χ2v) is 5.75. The van der Waals surface area contributed by atoms with Crippen molar-refractivity contribution in [1.29, 1.82) is 5.26 Å². The molecule has 0 saturated carbocycles. The first-order valence-electron chi connectivity index (χ1n) is 6.67. The van der Waals surface area contributed by atoms with Crippen LogP contribution in [-0.4, -0.2) is 23.6 Å². The van der Waals surface area contributed by atoms with E-state index in [4.69, 9.17) is 5.26 Å². The van der Waals surface area contributed by atoms with E-state index in [0.29, 0.717) is 13.0 Å². The van der Waals surface area contributed by atoms with Crippen molar-refractivity contribution in [3.05, 3.63) is 42.7 Å². The molecule has 5 heteroatoms. The summed E-state index contributed by atoms with van der Waals surface area (Å²) in [6, 6.07) is 14.6. The van der Waals surface area contributed by atoms with Crippen LogP contribution in [0.4, 0.5) is 5.82 Å². The predicted octanol–water partition coefficient (Wildman–Crippen LogP) is 3.71. The van der Waals surface area contributed by atoms with Crippen LogP contribution in [0.3, 0.4) is 0 Å². The van der Waals surface area contributed by atoms with Crippen LogP contribution < -0.4 is 4.90 Å². The summed E-state index contributed by atoms with van der Waals surface area (Å²) in [4.78, 5) is 12.9. The van der Waals surface area contributed by atoms with Gasteiger partial charge < -0.3 is 4.90 Å². The van der Waals surface area contributed by atoms with Crippen molar-refractivity contribution in [2.24, 2.45) is 0 Å². The fourth-order valence-corrected chi connectivity index (χ4v) is 3.21. The van der Waals surface area contributed by atoms with Crippen molar-refractivity contribution in [2.75, 3.05) is 18.5 Å². The maximum absolute atomic E-state index is 8.72. The molecule has 2 heterocycles. The van der Waals surface area contributed by atoms with Gasteiger partial charge in [0.1, 0.15) is 17.0 Å². The number of thiophene rings is 1. The number of hydrogen-bond acceptors (Lipinski definition) is 5. The van der Waals surface area contributed by atoms with Crippen LogP contribution in [-0.2, 0) is 0 Å². The molecular weight excluding hydrogens is 280 g/mol. The van der Waals surface area contributed by atoms with Gasteiger partial charge in [-0.05, 0) is 11.6 Å². The van der Waals surface area contributed by atoms with Gasteiger partial charge in [0.25, 0.3) is 0 Å². The van der Waals surface area contributed by atoms with Gasteiger partial charge in [-0.3, -0.25) is 0 Å². The second kappa shape index (κ2) is 5.90. The van der Waals surface area contributed by atoms with Crippen molar-refractivity contribution >= 4 is 27.4 Å². The van der Waals surface area contributed by atoms with E-state index in [-0.39, 0.29) is 0 Å². The molecule has 0 N–H and O–H groups in total. The lowest BCUT2D eigenvalue weighted by Crippen LogP contribution is -2.19. The highest BCUT2D eigenvalue weighted by Crippen LogP contribution is 2.35. The summed E-state index contributed by atoms with van der Waals surface area (Å²) in [5.41, 5.74) is 1.19. The molecule has 3 rings (SSSR count). The van der Waals surface area contributed by atoms with Crippen molar-refractivity contribution in [3.8, 4) is 16.5 Å². The standard InChI is InChI=1S/C16H14N4S/c1-20(9-5-8-17)15-13-10-14(12-6-3-2-4-7-12)21-16(13)19-11-18-15/h2-4,6-7,10-11H,5,9H2,1H3. The molecule has 0 unspecified atom stereocenters. The quantitative estimate of drug-likeness (QED) is 0.736. The van der Waals surface area contributed by atoms with Crippen LogP contribution >= 0.6 is 11.3 Å². The highest BCUT2D eigenvalue weighted by Gasteiger charge is 2.12. The molecular formula is C16H14N4S. The molecule has 0 fully saturated rings. The number of benzene rings is 1. The molecule has 0 aliphatic rings. The molecule has 0 amide bonds. The van der Waals surface area contributed by atoms with E-state index in [9.17, 15) is 0 Å². The van der Waals surface area contributed by atoms with Crippen LogP contribution in [0.2, 0.25) is 0 Å². The summed E-state index contributed by atoms with van der Waals surface area (Å²) in [6.07, 6.45) is 2.07. The van der Waals surface area contributed by atoms with Crippen molar-refractivity contribution in [1.82, 2.24) is 9.97 Å². The number of rotatable bonds is 4. The summed E-state index contributed by atoms with van der Waals surface area (Å²) < 4.78 is 0. The largest absolute Gasteiger partial charge is 0.358 e. The van der Waals surface area contributed by atoms with Gasteiger partial charge in [-0.2, -0.15) is 5.26 Å². The Kier molecular flexibility index (Phi) is 3.80. The molecule has 104 valence electrons. The monoisotopic (exact) mass is 294 g/mol. The highest BCUT2D eigenvalue weighted by atomic mass is 32.1. The van der Waals surface area contributed by atoms with E-state index < -0.39 is 0 Å². The van der Waals surface area contributed by atoms with Gasteiger partial charge in [0.15, 0.2) is 0 Å². The molecule has 0 aliphatic heterocycles. The van der Waals surface area contributed by atoms with Gasteiger partial charge in [0.2, 0.25) is 0 Å². The molecule has 2 aromatic heterocycles. The third-order valence-corrected chi connectivity index (χ3v) is 4.38. The Bertz CT molecular complexity index is 789. The van der Waals surface area contributed by atoms with Crippen LogP contribution in [0.5, 0.6) is 0 Å². The zero-order valence-corrected chi connectivity index (χ0v) is 12.5. The van der Waals surface area contributed by atoms with Crippen LogP contribution in [0.1, 0.15) is 6.42 Å². The molecule has 3 aromatic rings. The minimum Gasteiger partial charge on any atom is -0.358 e. The summed E-state index contributed by atoms with van der Waals surface area (Å²) >= 11 is 1.66. The molecule has 4 nitrogen and oxygen atoms in total. The van der Waals surface area contributed by atoms with E-state index in [2.05, 4.69) is 34.2 Å². The zero-order chi connectivity index (χ0) is 14.7. The second-order valence-electron chi connectivity index (χ2n) is 4.72. The molecule has 0 bridgehead atoms. The van der Waals surface area contributed by atoms with Crippen molar-refractivity contribution in [2.45, 2.75) is 6.42 Å². The third kappa shape index (κ3) is 2.71. The molecule has 0 spiro atoms. The van der Waals surface area contributed by atoms with Gasteiger partial charge in [0, 0.05) is 18.5 Å². The van der Waals surface area contributed by atoms with E-state index >= 15 is 0 Å². The first-order valence-corrected chi connectivity index (χ1v) is 7.49. The summed E-state index contributed by atoms with van der Waals surface area (Å²) in [7, 11) is 1.96. The van der Waals surface area contributed by atoms with Gasteiger partial charge in [0.05, 0.1) is 17.9 Å². The number of aromatic nitrogens is 2. The Morgan fingerprint density at radius 2 is 2.05 bits per heavy atom. The molecule has 0 radical (unpaired) electrons. The summed E-state index contributed by atoms with van der Waals surface area (Å²) in [5, 5.41) is 9.76. The number of anilines is 1. The fourth-order valence-electron chi connectivity index (χ4n) is 2.22. The van der Waals surface area contributed by atoms with E-state index in [0.717, 1.165) is 16.0 Å². The number of nitriles is 1. The minimum atomic E-state index is 0.484. The lowest BCUT2D eigenvalue weighted by molar-refractivity contribution is 0.887. The Labute approximate surface area is 127 Å². The van der Waals surface area contributed by atoms with Crippen molar-refractivity contribution < 1.29 is 0 Å². The Balaban J connectivity index is 2.04. The molecule has 0 saturated heterocycles. The molecule has 1 aromatic carbocycles. The molecule has 0 atom stereocenters. The maximum Gasteiger partial charge on any atom is 0.140 e. The zero-order valence-electron chi connectivity index (χ0n) is 11.7. The van der Waals surface area contributed by atoms with Crippen LogP contribution in [0, 0.1) is 11.3 Å². The molecule has 21 heavy (non-hydrogen) atoms. The number of hydrogen-bond donors (Lipinski definition) is 0. The summed E-state index contributed by atoms with van der Waals surface area (Å²) in [6.45, 7) is 0.666. The Morgan fingerprint density at radius 1 is 1.24 bits per heavy atom. The normalized spacial score (nSPS) is 10.5. The van der Waals surface area contributed by atoms with E-state index in [1.807, 2.05) is 30.1 Å². The van der Waals surface area contributed by atoms with Crippen LogP contribution in [0.25, 0.3) is 20.7 Å².